The molecule has 1 fully saturated rings. The summed E-state index contributed by atoms with van der Waals surface area (Å²) in [5, 5.41) is 14.2. The van der Waals surface area contributed by atoms with Gasteiger partial charge in [-0.15, -0.1) is 0 Å². The molecule has 0 heterocycles. The molecule has 0 aromatic rings. The van der Waals surface area contributed by atoms with Crippen molar-refractivity contribution in [3.8, 4) is 0 Å². The highest BCUT2D eigenvalue weighted by Crippen LogP contribution is 2.38. The molecule has 2 aliphatic rings. The summed E-state index contributed by atoms with van der Waals surface area (Å²) in [6, 6.07) is 0. The fourth-order valence-corrected chi connectivity index (χ4v) is 1.72. The highest BCUT2D eigenvalue weighted by atomic mass is 16.5. The van der Waals surface area contributed by atoms with Crippen LogP contribution in [0.15, 0.2) is 12.2 Å². The number of aliphatic hydroxyl groups is 2. The average molecular weight is 142 g/mol. The molecule has 2 aliphatic carbocycles. The van der Waals surface area contributed by atoms with E-state index in [0.717, 1.165) is 11.8 Å². The molecule has 2 bridgehead atoms. The van der Waals surface area contributed by atoms with Crippen molar-refractivity contribution in [3.05, 3.63) is 12.2 Å². The van der Waals surface area contributed by atoms with Crippen LogP contribution in [0.4, 0.5) is 0 Å². The van der Waals surface area contributed by atoms with Gasteiger partial charge in [-0.25, -0.2) is 0 Å². The Balaban J connectivity index is 0.000000148. The van der Waals surface area contributed by atoms with E-state index in [1.165, 1.54) is 19.3 Å². The highest BCUT2D eigenvalue weighted by Gasteiger charge is 2.25. The van der Waals surface area contributed by atoms with Crippen LogP contribution in [0.1, 0.15) is 19.3 Å². The van der Waals surface area contributed by atoms with Crippen molar-refractivity contribution in [1.82, 2.24) is 0 Å². The Bertz CT molecular complexity index is 108. The van der Waals surface area contributed by atoms with Gasteiger partial charge in [0.2, 0.25) is 0 Å². The van der Waals surface area contributed by atoms with Crippen molar-refractivity contribution in [1.29, 1.82) is 0 Å². The van der Waals surface area contributed by atoms with E-state index in [0.29, 0.717) is 0 Å². The van der Waals surface area contributed by atoms with Crippen molar-refractivity contribution in [2.75, 3.05) is 6.79 Å². The summed E-state index contributed by atoms with van der Waals surface area (Å²) < 4.78 is 0. The maximum Gasteiger partial charge on any atom is 0.140 e. The van der Waals surface area contributed by atoms with Crippen LogP contribution in [0.5, 0.6) is 0 Å². The summed E-state index contributed by atoms with van der Waals surface area (Å²) >= 11 is 0. The van der Waals surface area contributed by atoms with E-state index in [1.807, 2.05) is 0 Å². The van der Waals surface area contributed by atoms with Gasteiger partial charge < -0.3 is 10.2 Å². The highest BCUT2D eigenvalue weighted by molar-refractivity contribution is 5.06. The third-order valence-electron chi connectivity index (χ3n) is 2.17. The molecule has 58 valence electrons. The Morgan fingerprint density at radius 1 is 1.10 bits per heavy atom. The van der Waals surface area contributed by atoms with E-state index < -0.39 is 6.79 Å². The predicted molar refractivity (Wildman–Crippen MR) is 39.3 cm³/mol. The summed E-state index contributed by atoms with van der Waals surface area (Å²) in [5.41, 5.74) is 0. The molecule has 2 unspecified atom stereocenters. The van der Waals surface area contributed by atoms with Crippen LogP contribution in [0.3, 0.4) is 0 Å². The molecule has 0 spiro atoms. The Labute approximate surface area is 61.2 Å². The molecule has 0 amide bonds. The number of allylic oxidation sites excluding steroid dienone is 2. The summed E-state index contributed by atoms with van der Waals surface area (Å²) in [5.74, 6) is 1.98. The van der Waals surface area contributed by atoms with Gasteiger partial charge >= 0.3 is 0 Å². The van der Waals surface area contributed by atoms with E-state index in [9.17, 15) is 0 Å². The smallest absolute Gasteiger partial charge is 0.140 e. The second-order valence-electron chi connectivity index (χ2n) is 2.86. The average Bonchev–Trinajstić information content (AvgIpc) is 2.49. The minimum absolute atomic E-state index is 0.750. The summed E-state index contributed by atoms with van der Waals surface area (Å²) in [6.45, 7) is -0.750. The molecule has 2 N–H and O–H groups in total. The predicted octanol–water partition coefficient (Wildman–Crippen LogP) is 0.901. The third-order valence-corrected chi connectivity index (χ3v) is 2.17. The second-order valence-corrected chi connectivity index (χ2v) is 2.86. The largest absolute Gasteiger partial charge is 0.371 e. The summed E-state index contributed by atoms with van der Waals surface area (Å²) in [4.78, 5) is 0. The van der Waals surface area contributed by atoms with E-state index in [2.05, 4.69) is 12.2 Å². The van der Waals surface area contributed by atoms with Crippen LogP contribution in [0, 0.1) is 11.8 Å². The molecular weight excluding hydrogens is 128 g/mol. The van der Waals surface area contributed by atoms with Crippen LogP contribution in [-0.4, -0.2) is 17.0 Å². The Hall–Kier alpha value is -0.340. The van der Waals surface area contributed by atoms with Crippen molar-refractivity contribution in [2.24, 2.45) is 11.8 Å². The molecule has 1 saturated carbocycles. The lowest BCUT2D eigenvalue weighted by Gasteiger charge is -1.96. The van der Waals surface area contributed by atoms with Gasteiger partial charge in [0.05, 0.1) is 0 Å². The topological polar surface area (TPSA) is 40.5 Å². The normalized spacial score (nSPS) is 33.8. The standard InChI is InChI=1S/C7H10.CH4O2/c1-2-7-4-3-6(1)5-7;2-1-3/h1-2,6-7H,3-5H2;2-3H,1H2. The van der Waals surface area contributed by atoms with Crippen LogP contribution >= 0.6 is 0 Å². The van der Waals surface area contributed by atoms with Gasteiger partial charge in [0.15, 0.2) is 0 Å². The maximum absolute atomic E-state index is 7.12. The molecule has 0 saturated heterocycles. The van der Waals surface area contributed by atoms with Gasteiger partial charge in [0.1, 0.15) is 6.79 Å². The minimum Gasteiger partial charge on any atom is -0.371 e. The zero-order valence-electron chi connectivity index (χ0n) is 6.03. The molecular formula is C8H14O2. The van der Waals surface area contributed by atoms with E-state index >= 15 is 0 Å². The molecule has 10 heavy (non-hydrogen) atoms. The Kier molecular flexibility index (Phi) is 2.90. The number of fused-ring (bicyclic) bond motifs is 2. The molecule has 2 heteroatoms. The van der Waals surface area contributed by atoms with E-state index in [-0.39, 0.29) is 0 Å². The maximum atomic E-state index is 7.12. The fraction of sp³-hybridized carbons (Fsp3) is 0.750. The first kappa shape index (κ1) is 7.76. The van der Waals surface area contributed by atoms with Gasteiger partial charge in [-0.05, 0) is 31.1 Å². The third kappa shape index (κ3) is 1.82. The lowest BCUT2D eigenvalue weighted by atomic mass is 10.1. The number of hydrogen-bond donors (Lipinski definition) is 2. The van der Waals surface area contributed by atoms with Crippen LogP contribution in [0.2, 0.25) is 0 Å². The zero-order chi connectivity index (χ0) is 7.40. The van der Waals surface area contributed by atoms with Crippen LogP contribution < -0.4 is 0 Å². The van der Waals surface area contributed by atoms with Crippen molar-refractivity contribution >= 4 is 0 Å². The first-order valence-electron chi connectivity index (χ1n) is 3.77. The Morgan fingerprint density at radius 3 is 1.60 bits per heavy atom. The zero-order valence-corrected chi connectivity index (χ0v) is 6.03. The van der Waals surface area contributed by atoms with Crippen LogP contribution in [-0.2, 0) is 0 Å². The van der Waals surface area contributed by atoms with Gasteiger partial charge in [-0.1, -0.05) is 12.2 Å². The number of hydrogen-bond acceptors (Lipinski definition) is 2. The minimum atomic E-state index is -0.750. The van der Waals surface area contributed by atoms with E-state index in [1.54, 1.807) is 0 Å². The fourth-order valence-electron chi connectivity index (χ4n) is 1.72. The molecule has 0 aliphatic heterocycles. The molecule has 2 rings (SSSR count). The molecule has 2 atom stereocenters. The van der Waals surface area contributed by atoms with Crippen LogP contribution in [0.25, 0.3) is 0 Å². The first-order valence-corrected chi connectivity index (χ1v) is 3.77. The number of aliphatic hydroxyl groups excluding tert-OH is 1. The first-order chi connectivity index (χ1) is 4.86. The number of rotatable bonds is 0. The second kappa shape index (κ2) is 3.74. The monoisotopic (exact) mass is 142 g/mol. The lowest BCUT2D eigenvalue weighted by molar-refractivity contribution is 0.0773. The quantitative estimate of drug-likeness (QED) is 0.389. The van der Waals surface area contributed by atoms with Gasteiger partial charge in [0.25, 0.3) is 0 Å². The molecule has 0 aromatic carbocycles. The molecule has 2 nitrogen and oxygen atoms in total. The SMILES string of the molecule is C1=CC2CCC1C2.OCO. The van der Waals surface area contributed by atoms with Gasteiger partial charge in [-0.3, -0.25) is 0 Å². The van der Waals surface area contributed by atoms with E-state index in [4.69, 9.17) is 10.2 Å². The Morgan fingerprint density at radius 2 is 1.50 bits per heavy atom. The summed E-state index contributed by atoms with van der Waals surface area (Å²) in [6.07, 6.45) is 9.19. The molecule has 0 aromatic heterocycles. The van der Waals surface area contributed by atoms with Crippen molar-refractivity contribution < 1.29 is 10.2 Å². The summed E-state index contributed by atoms with van der Waals surface area (Å²) in [7, 11) is 0. The lowest BCUT2D eigenvalue weighted by Crippen LogP contribution is -1.82. The van der Waals surface area contributed by atoms with Crippen molar-refractivity contribution in [3.63, 3.8) is 0 Å². The van der Waals surface area contributed by atoms with Crippen molar-refractivity contribution in [2.45, 2.75) is 19.3 Å². The van der Waals surface area contributed by atoms with Gasteiger partial charge in [-0.2, -0.15) is 0 Å². The van der Waals surface area contributed by atoms with Gasteiger partial charge in [0, 0.05) is 0 Å². The molecule has 0 radical (unpaired) electrons.